The molecule has 0 aromatic heterocycles. The van der Waals surface area contributed by atoms with Gasteiger partial charge in [0.1, 0.15) is 17.7 Å². The van der Waals surface area contributed by atoms with E-state index in [9.17, 15) is 8.78 Å². The average molecular weight is 397 g/mol. The van der Waals surface area contributed by atoms with E-state index in [4.69, 9.17) is 5.26 Å². The van der Waals surface area contributed by atoms with E-state index in [1.807, 2.05) is 24.3 Å². The molecule has 3 heteroatoms. The molecule has 0 heterocycles. The molecule has 0 spiro atoms. The normalized spacial score (nSPS) is 10.9. The van der Waals surface area contributed by atoms with Gasteiger partial charge in [-0.25, -0.2) is 8.78 Å². The van der Waals surface area contributed by atoms with Crippen LogP contribution in [0.4, 0.5) is 8.78 Å². The SMILES string of the molecule is CCCCc1ccc(-c2ccc(-c3ccc4c(F)c(C#N)ccc4c3)c(F)c2)cc1. The zero-order valence-electron chi connectivity index (χ0n) is 16.8. The molecule has 148 valence electrons. The van der Waals surface area contributed by atoms with Gasteiger partial charge in [0.15, 0.2) is 0 Å². The predicted molar refractivity (Wildman–Crippen MR) is 118 cm³/mol. The first-order chi connectivity index (χ1) is 14.6. The Bertz CT molecular complexity index is 1250. The van der Waals surface area contributed by atoms with Crippen molar-refractivity contribution in [3.63, 3.8) is 0 Å². The molecule has 4 aromatic carbocycles. The first-order valence-electron chi connectivity index (χ1n) is 10.1. The van der Waals surface area contributed by atoms with Crippen LogP contribution in [0.5, 0.6) is 0 Å². The summed E-state index contributed by atoms with van der Waals surface area (Å²) in [6, 6.07) is 23.5. The van der Waals surface area contributed by atoms with Crippen LogP contribution >= 0.6 is 0 Å². The quantitative estimate of drug-likeness (QED) is 0.339. The number of hydrogen-bond acceptors (Lipinski definition) is 1. The molecular weight excluding hydrogens is 376 g/mol. The first-order valence-corrected chi connectivity index (χ1v) is 10.1. The van der Waals surface area contributed by atoms with Crippen LogP contribution in [0.25, 0.3) is 33.0 Å². The monoisotopic (exact) mass is 397 g/mol. The summed E-state index contributed by atoms with van der Waals surface area (Å²) in [6.07, 6.45) is 3.38. The summed E-state index contributed by atoms with van der Waals surface area (Å²) in [7, 11) is 0. The van der Waals surface area contributed by atoms with Gasteiger partial charge in [-0.1, -0.05) is 67.9 Å². The van der Waals surface area contributed by atoms with Gasteiger partial charge in [0.2, 0.25) is 0 Å². The van der Waals surface area contributed by atoms with E-state index in [2.05, 4.69) is 19.1 Å². The minimum absolute atomic E-state index is 0.00601. The highest BCUT2D eigenvalue weighted by atomic mass is 19.1. The summed E-state index contributed by atoms with van der Waals surface area (Å²) in [5, 5.41) is 9.97. The van der Waals surface area contributed by atoms with Crippen molar-refractivity contribution in [2.75, 3.05) is 0 Å². The predicted octanol–water partition coefficient (Wildman–Crippen LogP) is 7.67. The second-order valence-electron chi connectivity index (χ2n) is 7.47. The fourth-order valence-corrected chi connectivity index (χ4v) is 3.72. The highest BCUT2D eigenvalue weighted by Crippen LogP contribution is 2.31. The van der Waals surface area contributed by atoms with E-state index in [1.54, 1.807) is 36.4 Å². The maximum atomic E-state index is 14.9. The van der Waals surface area contributed by atoms with Gasteiger partial charge in [-0.3, -0.25) is 0 Å². The van der Waals surface area contributed by atoms with E-state index < -0.39 is 5.82 Å². The molecule has 0 bridgehead atoms. The van der Waals surface area contributed by atoms with Crippen LogP contribution in [-0.2, 0) is 6.42 Å². The lowest BCUT2D eigenvalue weighted by Gasteiger charge is -2.09. The van der Waals surface area contributed by atoms with Crippen molar-refractivity contribution >= 4 is 10.8 Å². The summed E-state index contributed by atoms with van der Waals surface area (Å²) in [5.74, 6) is -0.865. The largest absolute Gasteiger partial charge is 0.206 e. The van der Waals surface area contributed by atoms with Gasteiger partial charge in [-0.15, -0.1) is 0 Å². The molecule has 1 nitrogen and oxygen atoms in total. The Morgan fingerprint density at radius 1 is 0.800 bits per heavy atom. The van der Waals surface area contributed by atoms with Crippen molar-refractivity contribution in [2.45, 2.75) is 26.2 Å². The molecular formula is C27H21F2N. The fourth-order valence-electron chi connectivity index (χ4n) is 3.72. The number of nitrogens with zero attached hydrogens (tertiary/aromatic N) is 1. The maximum absolute atomic E-state index is 14.9. The molecule has 0 saturated heterocycles. The standard InChI is InChI=1S/C27H21F2N/c1-2-3-4-18-5-7-19(8-6-18)20-11-13-24(26(28)16-20)21-12-14-25-22(15-21)9-10-23(17-30)27(25)29/h5-16H,2-4H2,1H3. The van der Waals surface area contributed by atoms with Gasteiger partial charge < -0.3 is 0 Å². The number of halogens is 2. The van der Waals surface area contributed by atoms with Gasteiger partial charge in [0.05, 0.1) is 5.56 Å². The molecule has 0 aliphatic heterocycles. The second kappa shape index (κ2) is 8.47. The molecule has 0 amide bonds. The lowest BCUT2D eigenvalue weighted by Crippen LogP contribution is -1.90. The molecule has 0 aliphatic rings. The summed E-state index contributed by atoms with van der Waals surface area (Å²) in [6.45, 7) is 2.17. The minimum atomic E-state index is -0.542. The molecule has 0 aliphatic carbocycles. The number of aryl methyl sites for hydroxylation is 1. The Morgan fingerprint density at radius 3 is 2.23 bits per heavy atom. The highest BCUT2D eigenvalue weighted by molar-refractivity contribution is 5.89. The fraction of sp³-hybridized carbons (Fsp3) is 0.148. The Labute approximate surface area is 175 Å². The number of fused-ring (bicyclic) bond motifs is 1. The van der Waals surface area contributed by atoms with Gasteiger partial charge >= 0.3 is 0 Å². The Morgan fingerprint density at radius 2 is 1.53 bits per heavy atom. The van der Waals surface area contributed by atoms with Gasteiger partial charge in [-0.2, -0.15) is 5.26 Å². The molecule has 30 heavy (non-hydrogen) atoms. The van der Waals surface area contributed by atoms with Crippen molar-refractivity contribution in [3.05, 3.63) is 95.6 Å². The van der Waals surface area contributed by atoms with Crippen LogP contribution < -0.4 is 0 Å². The molecule has 0 unspecified atom stereocenters. The lowest BCUT2D eigenvalue weighted by atomic mass is 9.96. The van der Waals surface area contributed by atoms with Gasteiger partial charge in [0, 0.05) is 10.9 Å². The Kier molecular flexibility index (Phi) is 5.59. The van der Waals surface area contributed by atoms with E-state index in [-0.39, 0.29) is 11.4 Å². The van der Waals surface area contributed by atoms with E-state index in [0.29, 0.717) is 21.9 Å². The summed E-state index contributed by atoms with van der Waals surface area (Å²) < 4.78 is 29.3. The number of unbranched alkanes of at least 4 members (excludes halogenated alkanes) is 1. The lowest BCUT2D eigenvalue weighted by molar-refractivity contribution is 0.632. The molecule has 0 saturated carbocycles. The molecule has 4 rings (SSSR count). The zero-order valence-corrected chi connectivity index (χ0v) is 16.8. The molecule has 0 radical (unpaired) electrons. The van der Waals surface area contributed by atoms with E-state index >= 15 is 0 Å². The molecule has 0 N–H and O–H groups in total. The van der Waals surface area contributed by atoms with Crippen LogP contribution in [0.1, 0.15) is 30.9 Å². The van der Waals surface area contributed by atoms with Crippen molar-refractivity contribution in [1.29, 1.82) is 5.26 Å². The second-order valence-corrected chi connectivity index (χ2v) is 7.47. The third kappa shape index (κ3) is 3.82. The summed E-state index contributed by atoms with van der Waals surface area (Å²) >= 11 is 0. The van der Waals surface area contributed by atoms with Gasteiger partial charge in [-0.05, 0) is 58.7 Å². The van der Waals surface area contributed by atoms with Crippen LogP contribution in [0.3, 0.4) is 0 Å². The average Bonchev–Trinajstić information content (AvgIpc) is 2.78. The first kappa shape index (κ1) is 19.8. The van der Waals surface area contributed by atoms with Crippen molar-refractivity contribution in [1.82, 2.24) is 0 Å². The number of nitriles is 1. The number of rotatable bonds is 5. The van der Waals surface area contributed by atoms with Crippen molar-refractivity contribution in [3.8, 4) is 28.3 Å². The minimum Gasteiger partial charge on any atom is -0.206 e. The summed E-state index contributed by atoms with van der Waals surface area (Å²) in [5.41, 5.74) is 4.23. The zero-order chi connectivity index (χ0) is 21.1. The Balaban J connectivity index is 1.65. The van der Waals surface area contributed by atoms with Crippen LogP contribution in [0, 0.1) is 23.0 Å². The van der Waals surface area contributed by atoms with Crippen LogP contribution in [0.15, 0.2) is 72.8 Å². The van der Waals surface area contributed by atoms with Crippen LogP contribution in [0.2, 0.25) is 0 Å². The molecule has 4 aromatic rings. The van der Waals surface area contributed by atoms with E-state index in [1.165, 1.54) is 11.6 Å². The third-order valence-electron chi connectivity index (χ3n) is 5.46. The maximum Gasteiger partial charge on any atom is 0.148 e. The summed E-state index contributed by atoms with van der Waals surface area (Å²) in [4.78, 5) is 0. The van der Waals surface area contributed by atoms with Crippen molar-refractivity contribution in [2.24, 2.45) is 0 Å². The topological polar surface area (TPSA) is 23.8 Å². The molecule has 0 atom stereocenters. The number of hydrogen-bond donors (Lipinski definition) is 0. The molecule has 0 fully saturated rings. The van der Waals surface area contributed by atoms with Gasteiger partial charge in [0.25, 0.3) is 0 Å². The van der Waals surface area contributed by atoms with E-state index in [0.717, 1.165) is 30.4 Å². The van der Waals surface area contributed by atoms with Crippen LogP contribution in [-0.4, -0.2) is 0 Å². The van der Waals surface area contributed by atoms with Crippen molar-refractivity contribution < 1.29 is 8.78 Å². The highest BCUT2D eigenvalue weighted by Gasteiger charge is 2.11. The Hall–Kier alpha value is -3.51. The third-order valence-corrected chi connectivity index (χ3v) is 5.46. The number of benzene rings is 4. The smallest absolute Gasteiger partial charge is 0.148 e.